The van der Waals surface area contributed by atoms with Gasteiger partial charge in [0.05, 0.1) is 11.6 Å². The largest absolute Gasteiger partial charge is 0.342 e. The van der Waals surface area contributed by atoms with Gasteiger partial charge in [0.1, 0.15) is 5.82 Å². The Hall–Kier alpha value is -2.28. The minimum absolute atomic E-state index is 0.0185. The molecule has 3 rings (SSSR count). The lowest BCUT2D eigenvalue weighted by Crippen LogP contribution is -2.28. The molecule has 1 atom stereocenters. The summed E-state index contributed by atoms with van der Waals surface area (Å²) in [4.78, 5) is 12.2. The third-order valence-corrected chi connectivity index (χ3v) is 3.74. The fourth-order valence-electron chi connectivity index (χ4n) is 2.17. The van der Waals surface area contributed by atoms with Crippen LogP contribution in [0.25, 0.3) is 5.65 Å². The van der Waals surface area contributed by atoms with Crippen molar-refractivity contribution in [3.63, 3.8) is 0 Å². The van der Waals surface area contributed by atoms with Crippen molar-refractivity contribution in [1.82, 2.24) is 19.9 Å². The summed E-state index contributed by atoms with van der Waals surface area (Å²) in [6.45, 7) is 1.78. The molecule has 0 bridgehead atoms. The van der Waals surface area contributed by atoms with E-state index in [1.165, 1.54) is 12.1 Å². The smallest absolute Gasteiger partial charge is 0.254 e. The van der Waals surface area contributed by atoms with Crippen LogP contribution in [0.4, 0.5) is 4.39 Å². The predicted molar refractivity (Wildman–Crippen MR) is 83.0 cm³/mol. The first-order valence-electron chi connectivity index (χ1n) is 6.62. The molecule has 0 radical (unpaired) electrons. The van der Waals surface area contributed by atoms with Crippen LogP contribution < -0.4 is 5.32 Å². The van der Waals surface area contributed by atoms with Gasteiger partial charge in [-0.2, -0.15) is 0 Å². The first-order chi connectivity index (χ1) is 10.6. The van der Waals surface area contributed by atoms with Crippen LogP contribution in [-0.4, -0.2) is 20.5 Å². The standard InChI is InChI=1S/C15H12BrFN4O/c1-9(14-20-19-13-4-2-3-7-21(13)14)18-15(22)11-8-10(16)5-6-12(11)17/h2-9H,1H3,(H,18,22). The number of amides is 1. The third-order valence-electron chi connectivity index (χ3n) is 3.25. The second kappa shape index (κ2) is 5.84. The minimum atomic E-state index is -0.570. The average molecular weight is 363 g/mol. The highest BCUT2D eigenvalue weighted by atomic mass is 79.9. The molecule has 22 heavy (non-hydrogen) atoms. The van der Waals surface area contributed by atoms with Gasteiger partial charge in [-0.1, -0.05) is 22.0 Å². The molecule has 0 spiro atoms. The first kappa shape index (κ1) is 14.6. The summed E-state index contributed by atoms with van der Waals surface area (Å²) in [6, 6.07) is 9.34. The molecular formula is C15H12BrFN4O. The summed E-state index contributed by atoms with van der Waals surface area (Å²) < 4.78 is 16.2. The molecule has 0 fully saturated rings. The number of pyridine rings is 1. The zero-order valence-corrected chi connectivity index (χ0v) is 13.2. The first-order valence-corrected chi connectivity index (χ1v) is 7.41. The van der Waals surface area contributed by atoms with E-state index in [0.717, 1.165) is 0 Å². The lowest BCUT2D eigenvalue weighted by atomic mass is 10.2. The number of aromatic nitrogens is 3. The predicted octanol–water partition coefficient (Wildman–Crippen LogP) is 3.12. The zero-order chi connectivity index (χ0) is 15.7. The summed E-state index contributed by atoms with van der Waals surface area (Å²) in [6.07, 6.45) is 1.81. The molecule has 1 unspecified atom stereocenters. The molecule has 1 N–H and O–H groups in total. The van der Waals surface area contributed by atoms with Gasteiger partial charge in [-0.3, -0.25) is 9.20 Å². The van der Waals surface area contributed by atoms with Gasteiger partial charge in [-0.05, 0) is 37.3 Å². The highest BCUT2D eigenvalue weighted by molar-refractivity contribution is 9.10. The van der Waals surface area contributed by atoms with E-state index in [2.05, 4.69) is 31.4 Å². The Morgan fingerprint density at radius 3 is 2.95 bits per heavy atom. The Morgan fingerprint density at radius 2 is 2.14 bits per heavy atom. The van der Waals surface area contributed by atoms with Crippen molar-refractivity contribution >= 4 is 27.5 Å². The van der Waals surface area contributed by atoms with Gasteiger partial charge in [0.2, 0.25) is 0 Å². The van der Waals surface area contributed by atoms with E-state index in [1.54, 1.807) is 17.4 Å². The van der Waals surface area contributed by atoms with Crippen LogP contribution in [0.3, 0.4) is 0 Å². The number of rotatable bonds is 3. The minimum Gasteiger partial charge on any atom is -0.342 e. The van der Waals surface area contributed by atoms with Gasteiger partial charge in [-0.25, -0.2) is 4.39 Å². The fourth-order valence-corrected chi connectivity index (χ4v) is 2.53. The lowest BCUT2D eigenvalue weighted by Gasteiger charge is -2.13. The Balaban J connectivity index is 1.86. The van der Waals surface area contributed by atoms with Crippen molar-refractivity contribution in [1.29, 1.82) is 0 Å². The van der Waals surface area contributed by atoms with Crippen LogP contribution in [0.2, 0.25) is 0 Å². The molecule has 1 aromatic carbocycles. The van der Waals surface area contributed by atoms with E-state index in [4.69, 9.17) is 0 Å². The van der Waals surface area contributed by atoms with E-state index < -0.39 is 17.8 Å². The van der Waals surface area contributed by atoms with Gasteiger partial charge >= 0.3 is 0 Å². The summed E-state index contributed by atoms with van der Waals surface area (Å²) >= 11 is 3.23. The van der Waals surface area contributed by atoms with Crippen molar-refractivity contribution in [2.75, 3.05) is 0 Å². The number of nitrogens with one attached hydrogen (secondary N) is 1. The van der Waals surface area contributed by atoms with Crippen molar-refractivity contribution in [2.24, 2.45) is 0 Å². The molecular weight excluding hydrogens is 351 g/mol. The van der Waals surface area contributed by atoms with E-state index >= 15 is 0 Å². The molecule has 0 saturated carbocycles. The number of benzene rings is 1. The summed E-state index contributed by atoms with van der Waals surface area (Å²) in [5, 5.41) is 10.8. The third kappa shape index (κ3) is 2.71. The second-order valence-electron chi connectivity index (χ2n) is 4.81. The van der Waals surface area contributed by atoms with Gasteiger partial charge in [0.25, 0.3) is 5.91 Å². The maximum Gasteiger partial charge on any atom is 0.254 e. The van der Waals surface area contributed by atoms with E-state index in [0.29, 0.717) is 15.9 Å². The zero-order valence-electron chi connectivity index (χ0n) is 11.6. The Bertz CT molecular complexity index is 848. The highest BCUT2D eigenvalue weighted by Crippen LogP contribution is 2.17. The number of hydrogen-bond acceptors (Lipinski definition) is 3. The summed E-state index contributed by atoms with van der Waals surface area (Å²) in [5.41, 5.74) is 0.669. The lowest BCUT2D eigenvalue weighted by molar-refractivity contribution is 0.0934. The van der Waals surface area contributed by atoms with Crippen molar-refractivity contribution in [3.8, 4) is 0 Å². The highest BCUT2D eigenvalue weighted by Gasteiger charge is 2.18. The van der Waals surface area contributed by atoms with Crippen molar-refractivity contribution in [2.45, 2.75) is 13.0 Å². The molecule has 0 aliphatic heterocycles. The molecule has 7 heteroatoms. The molecule has 2 heterocycles. The summed E-state index contributed by atoms with van der Waals surface area (Å²) in [5.74, 6) is -0.489. The average Bonchev–Trinajstić information content (AvgIpc) is 2.93. The molecule has 0 aliphatic rings. The van der Waals surface area contributed by atoms with Gasteiger partial charge in [-0.15, -0.1) is 10.2 Å². The van der Waals surface area contributed by atoms with Crippen LogP contribution in [-0.2, 0) is 0 Å². The number of fused-ring (bicyclic) bond motifs is 1. The molecule has 1 amide bonds. The molecule has 0 aliphatic carbocycles. The molecule has 112 valence electrons. The van der Waals surface area contributed by atoms with Crippen LogP contribution in [0.15, 0.2) is 47.1 Å². The van der Waals surface area contributed by atoms with Crippen LogP contribution in [0.1, 0.15) is 29.1 Å². The van der Waals surface area contributed by atoms with E-state index in [9.17, 15) is 9.18 Å². The van der Waals surface area contributed by atoms with Gasteiger partial charge < -0.3 is 5.32 Å². The van der Waals surface area contributed by atoms with Gasteiger partial charge in [0, 0.05) is 10.7 Å². The number of carbonyl (C=O) groups excluding carboxylic acids is 1. The molecule has 2 aromatic heterocycles. The van der Waals surface area contributed by atoms with Gasteiger partial charge in [0.15, 0.2) is 11.5 Å². The number of hydrogen-bond donors (Lipinski definition) is 1. The molecule has 3 aromatic rings. The maximum atomic E-state index is 13.8. The Labute approximate surface area is 134 Å². The fraction of sp³-hybridized carbons (Fsp3) is 0.133. The number of carbonyl (C=O) groups is 1. The Morgan fingerprint density at radius 1 is 1.32 bits per heavy atom. The number of nitrogens with zero attached hydrogens (tertiary/aromatic N) is 3. The SMILES string of the molecule is CC(NC(=O)c1cc(Br)ccc1F)c1nnc2ccccn12. The summed E-state index contributed by atoms with van der Waals surface area (Å²) in [7, 11) is 0. The van der Waals surface area contributed by atoms with Crippen LogP contribution >= 0.6 is 15.9 Å². The number of halogens is 2. The van der Waals surface area contributed by atoms with Crippen LogP contribution in [0, 0.1) is 5.82 Å². The van der Waals surface area contributed by atoms with Crippen molar-refractivity contribution < 1.29 is 9.18 Å². The quantitative estimate of drug-likeness (QED) is 0.778. The topological polar surface area (TPSA) is 59.3 Å². The second-order valence-corrected chi connectivity index (χ2v) is 5.72. The molecule has 0 saturated heterocycles. The Kier molecular flexibility index (Phi) is 3.89. The van der Waals surface area contributed by atoms with Crippen molar-refractivity contribution in [3.05, 3.63) is 64.3 Å². The normalized spacial score (nSPS) is 12.3. The monoisotopic (exact) mass is 362 g/mol. The molecule has 5 nitrogen and oxygen atoms in total. The van der Waals surface area contributed by atoms with E-state index in [-0.39, 0.29) is 5.56 Å². The maximum absolute atomic E-state index is 13.8. The van der Waals surface area contributed by atoms with Crippen LogP contribution in [0.5, 0.6) is 0 Å². The van der Waals surface area contributed by atoms with E-state index in [1.807, 2.05) is 24.4 Å².